The van der Waals surface area contributed by atoms with Crippen molar-refractivity contribution in [1.82, 2.24) is 0 Å². The van der Waals surface area contributed by atoms with Crippen molar-refractivity contribution >= 4 is 22.6 Å². The van der Waals surface area contributed by atoms with E-state index in [9.17, 15) is 0 Å². The second kappa shape index (κ2) is 8.95. The first kappa shape index (κ1) is 9.95. The van der Waals surface area contributed by atoms with Crippen LogP contribution in [0.4, 0.5) is 0 Å². The van der Waals surface area contributed by atoms with Gasteiger partial charge in [-0.05, 0) is 23.3 Å². The quantitative estimate of drug-likeness (QED) is 0.394. The highest BCUT2D eigenvalue weighted by molar-refractivity contribution is 14.1. The van der Waals surface area contributed by atoms with E-state index < -0.39 is 0 Å². The minimum Gasteiger partial charge on any atom is -0.0991 e. The summed E-state index contributed by atoms with van der Waals surface area (Å²) in [5, 5.41) is 0. The molecule has 0 heterocycles. The Bertz CT molecular complexity index is 123. The van der Waals surface area contributed by atoms with Crippen LogP contribution in [0.1, 0.15) is 19.3 Å². The van der Waals surface area contributed by atoms with Gasteiger partial charge in [-0.1, -0.05) is 53.5 Å². The van der Waals surface area contributed by atoms with E-state index in [0.717, 1.165) is 6.42 Å². The lowest BCUT2D eigenvalue weighted by Gasteiger charge is -1.86. The van der Waals surface area contributed by atoms with Gasteiger partial charge in [0.15, 0.2) is 0 Å². The Morgan fingerprint density at radius 1 is 1.20 bits per heavy atom. The third kappa shape index (κ3) is 7.95. The van der Waals surface area contributed by atoms with Crippen LogP contribution in [0.15, 0.2) is 35.0 Å². The van der Waals surface area contributed by atoms with Crippen LogP contribution in [0.5, 0.6) is 0 Å². The van der Waals surface area contributed by atoms with Gasteiger partial charge in [0.2, 0.25) is 0 Å². The van der Waals surface area contributed by atoms with Crippen molar-refractivity contribution in [3.8, 4) is 0 Å². The smallest absolute Gasteiger partial charge is 0.0274 e. The van der Waals surface area contributed by atoms with E-state index in [1.54, 1.807) is 0 Å². The predicted molar refractivity (Wildman–Crippen MR) is 56.3 cm³/mol. The molecule has 1 heteroatoms. The first-order chi connectivity index (χ1) is 4.91. The molecule has 0 aromatic carbocycles. The van der Waals surface area contributed by atoms with Crippen LogP contribution in [0.2, 0.25) is 0 Å². The van der Waals surface area contributed by atoms with E-state index in [2.05, 4.69) is 45.4 Å². The zero-order valence-corrected chi connectivity index (χ0v) is 8.25. The predicted octanol–water partition coefficient (Wildman–Crippen LogP) is 3.85. The van der Waals surface area contributed by atoms with Gasteiger partial charge in [0, 0.05) is 0 Å². The van der Waals surface area contributed by atoms with E-state index in [-0.39, 0.29) is 0 Å². The summed E-state index contributed by atoms with van der Waals surface area (Å²) in [7, 11) is 0. The molecule has 0 aliphatic rings. The van der Waals surface area contributed by atoms with E-state index >= 15 is 0 Å². The van der Waals surface area contributed by atoms with Crippen molar-refractivity contribution in [2.24, 2.45) is 0 Å². The molecule has 0 N–H and O–H groups in total. The zero-order chi connectivity index (χ0) is 7.66. The summed E-state index contributed by atoms with van der Waals surface area (Å²) in [4.78, 5) is 0. The third-order valence-electron chi connectivity index (χ3n) is 1.10. The van der Waals surface area contributed by atoms with Crippen LogP contribution >= 0.6 is 22.6 Å². The molecular weight excluding hydrogens is 235 g/mol. The Morgan fingerprint density at radius 2 is 1.90 bits per heavy atom. The van der Waals surface area contributed by atoms with E-state index in [4.69, 9.17) is 0 Å². The number of rotatable bonds is 5. The average Bonchev–Trinajstić information content (AvgIpc) is 1.97. The lowest BCUT2D eigenvalue weighted by atomic mass is 10.2. The Balaban J connectivity index is 3.04. The molecule has 0 saturated heterocycles. The normalized spacial score (nSPS) is 11.3. The first-order valence-corrected chi connectivity index (χ1v) is 4.69. The second-order valence-corrected chi connectivity index (χ2v) is 2.68. The zero-order valence-electron chi connectivity index (χ0n) is 6.09. The van der Waals surface area contributed by atoms with Crippen molar-refractivity contribution in [1.29, 1.82) is 0 Å². The molecule has 0 atom stereocenters. The monoisotopic (exact) mass is 248 g/mol. The second-order valence-electron chi connectivity index (χ2n) is 1.96. The third-order valence-corrected chi connectivity index (χ3v) is 1.61. The summed E-state index contributed by atoms with van der Waals surface area (Å²) >= 11 is 2.24. The first-order valence-electron chi connectivity index (χ1n) is 3.44. The van der Waals surface area contributed by atoms with Crippen LogP contribution in [0, 0.1) is 0 Å². The molecule has 0 nitrogen and oxygen atoms in total. The van der Waals surface area contributed by atoms with Gasteiger partial charge in [-0.25, -0.2) is 0 Å². The van der Waals surface area contributed by atoms with E-state index in [1.807, 2.05) is 12.2 Å². The van der Waals surface area contributed by atoms with Gasteiger partial charge in [0.1, 0.15) is 0 Å². The number of halogens is 1. The maximum atomic E-state index is 3.59. The summed E-state index contributed by atoms with van der Waals surface area (Å²) < 4.78 is 2.06. The fourth-order valence-electron chi connectivity index (χ4n) is 0.609. The Labute approximate surface area is 76.9 Å². The van der Waals surface area contributed by atoms with Gasteiger partial charge in [0.05, 0.1) is 0 Å². The largest absolute Gasteiger partial charge is 0.0991 e. The van der Waals surface area contributed by atoms with Gasteiger partial charge in [-0.3, -0.25) is 0 Å². The molecule has 0 saturated carbocycles. The van der Waals surface area contributed by atoms with Gasteiger partial charge in [0.25, 0.3) is 0 Å². The SMILES string of the molecule is C=C/C=C/CCC/C=C/I. The molecule has 0 amide bonds. The number of hydrogen-bond donors (Lipinski definition) is 0. The van der Waals surface area contributed by atoms with Crippen LogP contribution in [-0.4, -0.2) is 0 Å². The summed E-state index contributed by atoms with van der Waals surface area (Å²) in [5.41, 5.74) is 0. The Hall–Kier alpha value is -0.0500. The molecular formula is C9H13I. The van der Waals surface area contributed by atoms with Gasteiger partial charge in [-0.2, -0.15) is 0 Å². The minimum atomic E-state index is 1.16. The molecule has 0 bridgehead atoms. The number of hydrogen-bond acceptors (Lipinski definition) is 0. The minimum absolute atomic E-state index is 1.16. The fourth-order valence-corrected chi connectivity index (χ4v) is 0.969. The highest BCUT2D eigenvalue weighted by atomic mass is 127. The molecule has 0 aliphatic heterocycles. The molecule has 0 fully saturated rings. The van der Waals surface area contributed by atoms with Crippen LogP contribution in [0.3, 0.4) is 0 Å². The summed E-state index contributed by atoms with van der Waals surface area (Å²) in [6, 6.07) is 0. The fraction of sp³-hybridized carbons (Fsp3) is 0.333. The standard InChI is InChI=1S/C9H13I/c1-2-3-4-5-6-7-8-9-10/h2-4,8-9H,1,5-7H2/b4-3+,9-8+. The van der Waals surface area contributed by atoms with E-state index in [0.29, 0.717) is 0 Å². The summed E-state index contributed by atoms with van der Waals surface area (Å²) in [6.45, 7) is 3.59. The molecule has 10 heavy (non-hydrogen) atoms. The van der Waals surface area contributed by atoms with Gasteiger partial charge in [-0.15, -0.1) is 0 Å². The maximum Gasteiger partial charge on any atom is -0.0274 e. The molecule has 0 rings (SSSR count). The molecule has 0 unspecified atom stereocenters. The number of allylic oxidation sites excluding steroid dienone is 4. The Kier molecular flexibility index (Phi) is 8.91. The Morgan fingerprint density at radius 3 is 2.50 bits per heavy atom. The van der Waals surface area contributed by atoms with Crippen LogP contribution in [0.25, 0.3) is 0 Å². The lowest BCUT2D eigenvalue weighted by molar-refractivity contribution is 0.869. The van der Waals surface area contributed by atoms with E-state index in [1.165, 1.54) is 12.8 Å². The molecule has 56 valence electrons. The van der Waals surface area contributed by atoms with Crippen molar-refractivity contribution < 1.29 is 0 Å². The van der Waals surface area contributed by atoms with Crippen LogP contribution in [-0.2, 0) is 0 Å². The maximum absolute atomic E-state index is 3.59. The van der Waals surface area contributed by atoms with Crippen LogP contribution < -0.4 is 0 Å². The highest BCUT2D eigenvalue weighted by Gasteiger charge is 1.77. The molecule has 0 aromatic heterocycles. The molecule has 0 spiro atoms. The molecule has 0 aromatic rings. The highest BCUT2D eigenvalue weighted by Crippen LogP contribution is 1.99. The molecule has 0 radical (unpaired) electrons. The summed E-state index contributed by atoms with van der Waals surface area (Å²) in [6.07, 6.45) is 11.7. The van der Waals surface area contributed by atoms with Gasteiger partial charge < -0.3 is 0 Å². The van der Waals surface area contributed by atoms with Crippen molar-refractivity contribution in [2.75, 3.05) is 0 Å². The van der Waals surface area contributed by atoms with Gasteiger partial charge >= 0.3 is 0 Å². The molecule has 0 aliphatic carbocycles. The lowest BCUT2D eigenvalue weighted by Crippen LogP contribution is -1.66. The number of unbranched alkanes of at least 4 members (excludes halogenated alkanes) is 2. The van der Waals surface area contributed by atoms with Crippen molar-refractivity contribution in [3.05, 3.63) is 35.0 Å². The van der Waals surface area contributed by atoms with Crippen molar-refractivity contribution in [2.45, 2.75) is 19.3 Å². The average molecular weight is 248 g/mol. The summed E-state index contributed by atoms with van der Waals surface area (Å²) in [5.74, 6) is 0. The van der Waals surface area contributed by atoms with Crippen molar-refractivity contribution in [3.63, 3.8) is 0 Å². The topological polar surface area (TPSA) is 0 Å².